The highest BCUT2D eigenvalue weighted by Crippen LogP contribution is 2.38. The van der Waals surface area contributed by atoms with Gasteiger partial charge in [-0.25, -0.2) is 0 Å². The van der Waals surface area contributed by atoms with Gasteiger partial charge in [-0.2, -0.15) is 0 Å². The van der Waals surface area contributed by atoms with E-state index < -0.39 is 4.92 Å². The van der Waals surface area contributed by atoms with Gasteiger partial charge in [0.1, 0.15) is 5.75 Å². The number of non-ortho nitro benzene ring substituents is 1. The number of fused-ring (bicyclic) bond motifs is 2. The molecule has 0 atom stereocenters. The smallest absolute Gasteiger partial charge is 0.269 e. The summed E-state index contributed by atoms with van der Waals surface area (Å²) in [6.45, 7) is 0. The number of hydrogen-bond donors (Lipinski definition) is 2. The molecule has 182 valence electrons. The Labute approximate surface area is 208 Å². The third-order valence-electron chi connectivity index (χ3n) is 6.42. The van der Waals surface area contributed by atoms with Gasteiger partial charge in [-0.3, -0.25) is 19.9 Å². The van der Waals surface area contributed by atoms with Crippen molar-refractivity contribution in [3.63, 3.8) is 0 Å². The van der Waals surface area contributed by atoms with Crippen LogP contribution in [0.15, 0.2) is 66.7 Å². The molecule has 3 aromatic carbocycles. The van der Waals surface area contributed by atoms with Crippen LogP contribution in [0.5, 0.6) is 5.75 Å². The van der Waals surface area contributed by atoms with E-state index in [-0.39, 0.29) is 18.0 Å². The number of amides is 1. The van der Waals surface area contributed by atoms with E-state index in [4.69, 9.17) is 9.72 Å². The fourth-order valence-electron chi connectivity index (χ4n) is 4.65. The maximum absolute atomic E-state index is 12.7. The number of nitro benzene ring substituents is 1. The van der Waals surface area contributed by atoms with Crippen LogP contribution in [0.2, 0.25) is 0 Å². The number of anilines is 3. The van der Waals surface area contributed by atoms with E-state index in [9.17, 15) is 14.9 Å². The standard InChI is InChI=1S/C28H26N4O4/c1-36-26-9-5-4-8-25(26)31-28-21-6-2-3-7-23(21)30-24-15-12-19(17-22(24)28)29-27(33)16-18-10-13-20(14-11-18)32(34)35/h4-5,8-15,17H,2-3,6-7,16H2,1H3,(H,29,33)(H,30,31). The number of carbonyl (C=O) groups is 1. The van der Waals surface area contributed by atoms with Crippen molar-refractivity contribution in [2.24, 2.45) is 0 Å². The van der Waals surface area contributed by atoms with Crippen molar-refractivity contribution < 1.29 is 14.5 Å². The second-order valence-electron chi connectivity index (χ2n) is 8.82. The molecule has 0 radical (unpaired) electrons. The number of carbonyl (C=O) groups excluding carboxylic acids is 1. The van der Waals surface area contributed by atoms with Crippen molar-refractivity contribution in [3.8, 4) is 5.75 Å². The number of nitro groups is 1. The van der Waals surface area contributed by atoms with Gasteiger partial charge in [0, 0.05) is 28.9 Å². The summed E-state index contributed by atoms with van der Waals surface area (Å²) in [7, 11) is 1.65. The number of ether oxygens (including phenoxy) is 1. The summed E-state index contributed by atoms with van der Waals surface area (Å²) in [5.74, 6) is 0.549. The summed E-state index contributed by atoms with van der Waals surface area (Å²) in [6.07, 6.45) is 4.22. The molecule has 8 nitrogen and oxygen atoms in total. The quantitative estimate of drug-likeness (QED) is 0.249. The molecule has 0 aliphatic heterocycles. The molecule has 36 heavy (non-hydrogen) atoms. The molecule has 0 fully saturated rings. The summed E-state index contributed by atoms with van der Waals surface area (Å²) in [4.78, 5) is 28.1. The molecule has 1 aromatic heterocycles. The van der Waals surface area contributed by atoms with Crippen molar-refractivity contribution in [1.82, 2.24) is 4.98 Å². The van der Waals surface area contributed by atoms with Gasteiger partial charge < -0.3 is 15.4 Å². The third kappa shape index (κ3) is 4.84. The van der Waals surface area contributed by atoms with Crippen LogP contribution in [0.3, 0.4) is 0 Å². The molecule has 0 saturated heterocycles. The Morgan fingerprint density at radius 1 is 1.06 bits per heavy atom. The monoisotopic (exact) mass is 482 g/mol. The average molecular weight is 483 g/mol. The first-order valence-corrected chi connectivity index (χ1v) is 11.9. The minimum atomic E-state index is -0.456. The molecule has 0 saturated carbocycles. The number of aryl methyl sites for hydroxylation is 1. The van der Waals surface area contributed by atoms with Gasteiger partial charge in [0.05, 0.1) is 35.3 Å². The van der Waals surface area contributed by atoms with Gasteiger partial charge in [0.2, 0.25) is 5.91 Å². The lowest BCUT2D eigenvalue weighted by Gasteiger charge is -2.23. The third-order valence-corrected chi connectivity index (χ3v) is 6.42. The zero-order valence-electron chi connectivity index (χ0n) is 19.9. The number of benzene rings is 3. The first-order valence-electron chi connectivity index (χ1n) is 11.9. The molecule has 1 aliphatic carbocycles. The lowest BCUT2D eigenvalue weighted by molar-refractivity contribution is -0.384. The van der Waals surface area contributed by atoms with E-state index in [0.29, 0.717) is 11.3 Å². The second kappa shape index (κ2) is 10.0. The largest absolute Gasteiger partial charge is 0.495 e. The molecule has 0 bridgehead atoms. The lowest BCUT2D eigenvalue weighted by Crippen LogP contribution is -2.14. The van der Waals surface area contributed by atoms with E-state index in [2.05, 4.69) is 10.6 Å². The van der Waals surface area contributed by atoms with Crippen molar-refractivity contribution in [2.75, 3.05) is 17.7 Å². The summed E-state index contributed by atoms with van der Waals surface area (Å²) >= 11 is 0. The highest BCUT2D eigenvalue weighted by atomic mass is 16.6. The van der Waals surface area contributed by atoms with Gasteiger partial charge >= 0.3 is 0 Å². The van der Waals surface area contributed by atoms with Crippen molar-refractivity contribution in [1.29, 1.82) is 0 Å². The normalized spacial score (nSPS) is 12.6. The van der Waals surface area contributed by atoms with E-state index in [1.165, 1.54) is 17.7 Å². The van der Waals surface area contributed by atoms with Crippen molar-refractivity contribution in [2.45, 2.75) is 32.1 Å². The Balaban J connectivity index is 1.46. The Morgan fingerprint density at radius 3 is 2.61 bits per heavy atom. The Hall–Kier alpha value is -4.46. The van der Waals surface area contributed by atoms with Crippen molar-refractivity contribution >= 4 is 39.6 Å². The topological polar surface area (TPSA) is 106 Å². The van der Waals surface area contributed by atoms with Crippen LogP contribution < -0.4 is 15.4 Å². The number of rotatable bonds is 7. The van der Waals surface area contributed by atoms with E-state index in [1.54, 1.807) is 19.2 Å². The zero-order valence-corrected chi connectivity index (χ0v) is 19.9. The second-order valence-corrected chi connectivity index (χ2v) is 8.82. The first kappa shape index (κ1) is 23.3. The van der Waals surface area contributed by atoms with Gasteiger partial charge in [-0.05, 0) is 67.1 Å². The predicted molar refractivity (Wildman–Crippen MR) is 140 cm³/mol. The molecule has 0 unspecified atom stereocenters. The molecular weight excluding hydrogens is 456 g/mol. The van der Waals surface area contributed by atoms with Gasteiger partial charge in [0.15, 0.2) is 0 Å². The van der Waals surface area contributed by atoms with Crippen LogP contribution in [0.25, 0.3) is 10.9 Å². The Kier molecular flexibility index (Phi) is 6.49. The van der Waals surface area contributed by atoms with Gasteiger partial charge in [-0.15, -0.1) is 0 Å². The van der Waals surface area contributed by atoms with Gasteiger partial charge in [0.25, 0.3) is 5.69 Å². The summed E-state index contributed by atoms with van der Waals surface area (Å²) in [6, 6.07) is 19.5. The molecule has 0 spiro atoms. The number of aromatic nitrogens is 1. The predicted octanol–water partition coefficient (Wildman–Crippen LogP) is 5.96. The van der Waals surface area contributed by atoms with E-state index >= 15 is 0 Å². The maximum Gasteiger partial charge on any atom is 0.269 e. The van der Waals surface area contributed by atoms with Gasteiger partial charge in [-0.1, -0.05) is 24.3 Å². The van der Waals surface area contributed by atoms with Crippen molar-refractivity contribution in [3.05, 3.63) is 93.7 Å². The molecule has 4 aromatic rings. The Morgan fingerprint density at radius 2 is 1.83 bits per heavy atom. The van der Waals surface area contributed by atoms with Crippen LogP contribution in [-0.4, -0.2) is 22.9 Å². The molecular formula is C28H26N4O4. The SMILES string of the molecule is COc1ccccc1Nc1c2c(nc3ccc(NC(=O)Cc4ccc([N+](=O)[O-])cc4)cc13)CCCC2. The van der Waals surface area contributed by atoms with Crippen LogP contribution in [0.1, 0.15) is 29.7 Å². The minimum absolute atomic E-state index is 0.000375. The van der Waals surface area contributed by atoms with Crippen LogP contribution in [0, 0.1) is 10.1 Å². The number of hydrogen-bond acceptors (Lipinski definition) is 6. The van der Waals surface area contributed by atoms with E-state index in [0.717, 1.165) is 59.4 Å². The zero-order chi connectivity index (χ0) is 25.1. The lowest BCUT2D eigenvalue weighted by atomic mass is 9.92. The summed E-state index contributed by atoms with van der Waals surface area (Å²) in [5.41, 5.74) is 6.40. The number of methoxy groups -OCH3 is 1. The highest BCUT2D eigenvalue weighted by molar-refractivity contribution is 6.00. The fraction of sp³-hybridized carbons (Fsp3) is 0.214. The van der Waals surface area contributed by atoms with Crippen LogP contribution in [-0.2, 0) is 24.1 Å². The maximum atomic E-state index is 12.7. The number of para-hydroxylation sites is 2. The van der Waals surface area contributed by atoms with E-state index in [1.807, 2.05) is 42.5 Å². The summed E-state index contributed by atoms with van der Waals surface area (Å²) in [5, 5.41) is 18.3. The number of pyridine rings is 1. The fourth-order valence-corrected chi connectivity index (χ4v) is 4.65. The minimum Gasteiger partial charge on any atom is -0.495 e. The summed E-state index contributed by atoms with van der Waals surface area (Å²) < 4.78 is 5.55. The van der Waals surface area contributed by atoms with Crippen LogP contribution in [0.4, 0.5) is 22.7 Å². The first-order chi connectivity index (χ1) is 17.5. The van der Waals surface area contributed by atoms with Crippen LogP contribution >= 0.6 is 0 Å². The molecule has 1 heterocycles. The molecule has 2 N–H and O–H groups in total. The molecule has 1 aliphatic rings. The highest BCUT2D eigenvalue weighted by Gasteiger charge is 2.20. The molecule has 1 amide bonds. The Bertz CT molecular complexity index is 1450. The molecule has 5 rings (SSSR count). The number of nitrogens with zero attached hydrogens (tertiary/aromatic N) is 2. The average Bonchev–Trinajstić information content (AvgIpc) is 2.89. The molecule has 8 heteroatoms. The number of nitrogens with one attached hydrogen (secondary N) is 2.